The lowest BCUT2D eigenvalue weighted by Gasteiger charge is -2.21. The Bertz CT molecular complexity index is 742. The van der Waals surface area contributed by atoms with E-state index in [9.17, 15) is 30.0 Å². The third kappa shape index (κ3) is 20.5. The number of ether oxygens (including phenoxy) is 2. The molecule has 0 aromatic heterocycles. The van der Waals surface area contributed by atoms with Gasteiger partial charge in [0.1, 0.15) is 19.3 Å². The Morgan fingerprint density at radius 2 is 1.16 bits per heavy atom. The van der Waals surface area contributed by atoms with Crippen molar-refractivity contribution < 1.29 is 39.5 Å². The summed E-state index contributed by atoms with van der Waals surface area (Å²) in [6.45, 7) is 4.00. The Morgan fingerprint density at radius 1 is 0.682 bits per heavy atom. The molecule has 1 saturated carbocycles. The summed E-state index contributed by atoms with van der Waals surface area (Å²) < 4.78 is 10.3. The summed E-state index contributed by atoms with van der Waals surface area (Å²) in [6.07, 6.45) is 21.9. The van der Waals surface area contributed by atoms with E-state index in [4.69, 9.17) is 9.47 Å². The Hall–Kier alpha value is -1.48. The molecule has 4 N–H and O–H groups in total. The van der Waals surface area contributed by atoms with Crippen molar-refractivity contribution in [3.05, 3.63) is 12.2 Å². The number of hydrogen-bond donors (Lipinski definition) is 4. The monoisotopic (exact) mass is 626 g/mol. The van der Waals surface area contributed by atoms with Crippen LogP contribution in [0.3, 0.4) is 0 Å². The van der Waals surface area contributed by atoms with E-state index < -0.39 is 24.4 Å². The fourth-order valence-electron chi connectivity index (χ4n) is 6.06. The van der Waals surface area contributed by atoms with Gasteiger partial charge < -0.3 is 29.9 Å². The molecule has 8 nitrogen and oxygen atoms in total. The van der Waals surface area contributed by atoms with Crippen molar-refractivity contribution in [2.24, 2.45) is 11.8 Å². The van der Waals surface area contributed by atoms with E-state index in [0.29, 0.717) is 25.7 Å². The summed E-state index contributed by atoms with van der Waals surface area (Å²) in [7, 11) is 0. The summed E-state index contributed by atoms with van der Waals surface area (Å²) in [6, 6.07) is 0. The van der Waals surface area contributed by atoms with E-state index in [-0.39, 0.29) is 43.4 Å². The van der Waals surface area contributed by atoms with Crippen molar-refractivity contribution in [1.29, 1.82) is 0 Å². The van der Waals surface area contributed by atoms with Crippen LogP contribution in [-0.4, -0.2) is 70.0 Å². The molecule has 0 aromatic carbocycles. The lowest BCUT2D eigenvalue weighted by molar-refractivity contribution is -0.152. The molecule has 0 amide bonds. The van der Waals surface area contributed by atoms with Crippen LogP contribution in [0.1, 0.15) is 155 Å². The van der Waals surface area contributed by atoms with Gasteiger partial charge in [-0.25, -0.2) is 0 Å². The van der Waals surface area contributed by atoms with Gasteiger partial charge in [-0.3, -0.25) is 9.59 Å². The normalized spacial score (nSPS) is 21.5. The number of aliphatic hydroxyl groups is 4. The SMILES string of the molecule is CCCCCCCCCCCCC(=O)OC[C@H](O)COC(=O)CCCCCC[C@@H]1[C@@H](/C=C/[C@@H](O)CCCCC)[C@H](O)C[C@@H]1O. The van der Waals surface area contributed by atoms with Crippen LogP contribution in [0.25, 0.3) is 0 Å². The zero-order valence-electron chi connectivity index (χ0n) is 28.0. The maximum atomic E-state index is 12.0. The van der Waals surface area contributed by atoms with Crippen molar-refractivity contribution in [3.8, 4) is 0 Å². The number of unbranched alkanes of at least 4 members (excludes halogenated alkanes) is 14. The third-order valence-corrected chi connectivity index (χ3v) is 8.85. The first-order valence-corrected chi connectivity index (χ1v) is 18.0. The molecule has 8 heteroatoms. The summed E-state index contributed by atoms with van der Waals surface area (Å²) in [5, 5.41) is 41.1. The average molecular weight is 627 g/mol. The number of hydrogen-bond acceptors (Lipinski definition) is 8. The highest BCUT2D eigenvalue weighted by Gasteiger charge is 2.39. The van der Waals surface area contributed by atoms with Crippen LogP contribution in [0.4, 0.5) is 0 Å². The largest absolute Gasteiger partial charge is 0.463 e. The lowest BCUT2D eigenvalue weighted by atomic mass is 9.88. The molecule has 0 radical (unpaired) electrons. The Morgan fingerprint density at radius 3 is 1.70 bits per heavy atom. The van der Waals surface area contributed by atoms with Crippen molar-refractivity contribution >= 4 is 11.9 Å². The number of carbonyl (C=O) groups is 2. The van der Waals surface area contributed by atoms with Gasteiger partial charge in [-0.15, -0.1) is 0 Å². The average Bonchev–Trinajstić information content (AvgIpc) is 3.27. The number of carbonyl (C=O) groups excluding carboxylic acids is 2. The molecular weight excluding hydrogens is 560 g/mol. The third-order valence-electron chi connectivity index (χ3n) is 8.85. The van der Waals surface area contributed by atoms with Gasteiger partial charge in [0.15, 0.2) is 0 Å². The van der Waals surface area contributed by atoms with Crippen molar-refractivity contribution in [1.82, 2.24) is 0 Å². The van der Waals surface area contributed by atoms with Gasteiger partial charge in [0.2, 0.25) is 0 Å². The highest BCUT2D eigenvalue weighted by Crippen LogP contribution is 2.37. The summed E-state index contributed by atoms with van der Waals surface area (Å²) in [4.78, 5) is 24.0. The second-order valence-corrected chi connectivity index (χ2v) is 13.0. The highest BCUT2D eigenvalue weighted by atomic mass is 16.6. The van der Waals surface area contributed by atoms with Crippen molar-refractivity contribution in [3.63, 3.8) is 0 Å². The minimum atomic E-state index is -1.02. The van der Waals surface area contributed by atoms with Crippen molar-refractivity contribution in [2.45, 2.75) is 180 Å². The summed E-state index contributed by atoms with van der Waals surface area (Å²) in [5.41, 5.74) is 0. The second kappa shape index (κ2) is 26.7. The molecular formula is C36H66O8. The molecule has 1 aliphatic carbocycles. The minimum absolute atomic E-state index is 0.0282. The Balaban J connectivity index is 2.07. The minimum Gasteiger partial charge on any atom is -0.463 e. The molecule has 0 bridgehead atoms. The summed E-state index contributed by atoms with van der Waals surface area (Å²) >= 11 is 0. The van der Waals surface area contributed by atoms with Crippen LogP contribution in [0.5, 0.6) is 0 Å². The first-order valence-electron chi connectivity index (χ1n) is 18.0. The smallest absolute Gasteiger partial charge is 0.305 e. The zero-order chi connectivity index (χ0) is 32.4. The van der Waals surface area contributed by atoms with Gasteiger partial charge in [-0.1, -0.05) is 122 Å². The van der Waals surface area contributed by atoms with E-state index in [1.54, 1.807) is 6.08 Å². The molecule has 0 unspecified atom stereocenters. The summed E-state index contributed by atoms with van der Waals surface area (Å²) in [5.74, 6) is -0.875. The van der Waals surface area contributed by atoms with Gasteiger partial charge in [-0.2, -0.15) is 0 Å². The molecule has 44 heavy (non-hydrogen) atoms. The van der Waals surface area contributed by atoms with E-state index in [2.05, 4.69) is 13.8 Å². The van der Waals surface area contributed by atoms with Gasteiger partial charge in [-0.05, 0) is 31.6 Å². The standard InChI is InChI=1S/C36H66O8/c1-3-5-7-8-9-10-11-12-13-18-22-35(41)43-27-30(38)28-44-36(42)23-19-15-14-17-21-31-32(34(40)26-33(31)39)25-24-29(37)20-16-6-4-2/h24-25,29-34,37-40H,3-23,26-28H2,1-2H3/b25-24+/t29-,30-,31+,32+,33-,34+/m0/s1. The fraction of sp³-hybridized carbons (Fsp3) is 0.889. The number of rotatable bonds is 28. The van der Waals surface area contributed by atoms with Gasteiger partial charge in [0, 0.05) is 25.2 Å². The molecule has 0 saturated heterocycles. The molecule has 6 atom stereocenters. The zero-order valence-corrected chi connectivity index (χ0v) is 28.0. The van der Waals surface area contributed by atoms with Crippen LogP contribution in [-0.2, 0) is 19.1 Å². The van der Waals surface area contributed by atoms with Crippen LogP contribution < -0.4 is 0 Å². The van der Waals surface area contributed by atoms with Crippen LogP contribution in [0.15, 0.2) is 12.2 Å². The molecule has 258 valence electrons. The number of esters is 2. The molecule has 1 fully saturated rings. The van der Waals surface area contributed by atoms with E-state index in [1.165, 1.54) is 44.9 Å². The Kier molecular flexibility index (Phi) is 24.6. The van der Waals surface area contributed by atoms with Crippen LogP contribution in [0.2, 0.25) is 0 Å². The maximum Gasteiger partial charge on any atom is 0.305 e. The van der Waals surface area contributed by atoms with Gasteiger partial charge in [0.25, 0.3) is 0 Å². The predicted octanol–water partition coefficient (Wildman–Crippen LogP) is 6.94. The van der Waals surface area contributed by atoms with E-state index >= 15 is 0 Å². The molecule has 0 spiro atoms. The number of aliphatic hydroxyl groups excluding tert-OH is 4. The van der Waals surface area contributed by atoms with Crippen LogP contribution in [0, 0.1) is 11.8 Å². The molecule has 0 aromatic rings. The maximum absolute atomic E-state index is 12.0. The lowest BCUT2D eigenvalue weighted by Crippen LogP contribution is -2.25. The first-order chi connectivity index (χ1) is 21.3. The predicted molar refractivity (Wildman–Crippen MR) is 175 cm³/mol. The van der Waals surface area contributed by atoms with E-state index in [1.807, 2.05) is 6.08 Å². The molecule has 1 aliphatic rings. The first kappa shape index (κ1) is 40.5. The van der Waals surface area contributed by atoms with Gasteiger partial charge >= 0.3 is 11.9 Å². The quantitative estimate of drug-likeness (QED) is 0.0417. The molecule has 0 aliphatic heterocycles. The Labute approximate surface area is 268 Å². The highest BCUT2D eigenvalue weighted by molar-refractivity contribution is 5.69. The molecule has 1 rings (SSSR count). The fourth-order valence-corrected chi connectivity index (χ4v) is 6.06. The van der Waals surface area contributed by atoms with E-state index in [0.717, 1.165) is 64.2 Å². The van der Waals surface area contributed by atoms with Gasteiger partial charge in [0.05, 0.1) is 18.3 Å². The van der Waals surface area contributed by atoms with Crippen molar-refractivity contribution in [2.75, 3.05) is 13.2 Å². The van der Waals surface area contributed by atoms with Crippen LogP contribution >= 0.6 is 0 Å². The topological polar surface area (TPSA) is 134 Å². The molecule has 0 heterocycles. The second-order valence-electron chi connectivity index (χ2n) is 13.0.